The number of nitrogens with zero attached hydrogens (tertiary/aromatic N) is 2. The molecule has 0 N–H and O–H groups in total. The largest absolute Gasteiger partial charge is 0.487 e. The number of para-hydroxylation sites is 1. The Balaban J connectivity index is 1.17. The molecule has 32 heavy (non-hydrogen) atoms. The Hall–Kier alpha value is -3.70. The van der Waals surface area contributed by atoms with Crippen LogP contribution in [0.25, 0.3) is 10.9 Å². The molecule has 0 bridgehead atoms. The van der Waals surface area contributed by atoms with Crippen LogP contribution >= 0.6 is 0 Å². The van der Waals surface area contributed by atoms with Crippen LogP contribution in [0, 0.1) is 0 Å². The zero-order valence-corrected chi connectivity index (χ0v) is 17.7. The maximum absolute atomic E-state index is 12.8. The van der Waals surface area contributed by atoms with Gasteiger partial charge in [-0.15, -0.1) is 0 Å². The van der Waals surface area contributed by atoms with Gasteiger partial charge >= 0.3 is 0 Å². The van der Waals surface area contributed by atoms with Crippen molar-refractivity contribution in [2.75, 3.05) is 6.54 Å². The summed E-state index contributed by atoms with van der Waals surface area (Å²) in [6.45, 7) is 1.33. The first kappa shape index (κ1) is 20.2. The number of fused-ring (bicyclic) bond motifs is 2. The Labute approximate surface area is 187 Å². The Bertz CT molecular complexity index is 1240. The van der Waals surface area contributed by atoms with Gasteiger partial charge in [0.15, 0.2) is 0 Å². The van der Waals surface area contributed by atoms with Crippen molar-refractivity contribution in [1.82, 2.24) is 10.0 Å². The molecule has 160 valence electrons. The first-order chi connectivity index (χ1) is 15.8. The zero-order valence-electron chi connectivity index (χ0n) is 17.7. The minimum Gasteiger partial charge on any atom is -0.487 e. The summed E-state index contributed by atoms with van der Waals surface area (Å²) in [6, 6.07) is 27.6. The maximum Gasteiger partial charge on any atom is 0.277 e. The van der Waals surface area contributed by atoms with Gasteiger partial charge in [0.2, 0.25) is 0 Å². The number of hydrogen-bond donors (Lipinski definition) is 0. The quantitative estimate of drug-likeness (QED) is 0.420. The van der Waals surface area contributed by atoms with Gasteiger partial charge in [-0.05, 0) is 54.3 Å². The third kappa shape index (κ3) is 4.48. The van der Waals surface area contributed by atoms with E-state index < -0.39 is 0 Å². The first-order valence-corrected chi connectivity index (χ1v) is 10.9. The topological polar surface area (TPSA) is 51.7 Å². The molecule has 4 aromatic rings. The third-order valence-corrected chi connectivity index (χ3v) is 5.63. The van der Waals surface area contributed by atoms with Crippen LogP contribution in [0.3, 0.4) is 0 Å². The van der Waals surface area contributed by atoms with Crippen molar-refractivity contribution in [3.8, 4) is 5.75 Å². The standard InChI is InChI=1S/C27H24N2O3/c30-27-25-9-3-1-6-21(25)8-5-17-29(27)32-18-20-11-15-24(16-12-20)31-19-23-14-13-22-7-2-4-10-26(22)28-23/h1-4,6-7,9-16H,5,8,17-19H2. The summed E-state index contributed by atoms with van der Waals surface area (Å²) in [7, 11) is 0. The molecule has 0 unspecified atom stereocenters. The average molecular weight is 425 g/mol. The zero-order chi connectivity index (χ0) is 21.8. The van der Waals surface area contributed by atoms with E-state index in [2.05, 4.69) is 11.1 Å². The van der Waals surface area contributed by atoms with Crippen molar-refractivity contribution in [3.05, 3.63) is 107 Å². The van der Waals surface area contributed by atoms with E-state index in [1.165, 1.54) is 5.06 Å². The summed E-state index contributed by atoms with van der Waals surface area (Å²) >= 11 is 0. The van der Waals surface area contributed by atoms with Crippen LogP contribution in [0.15, 0.2) is 84.9 Å². The van der Waals surface area contributed by atoms with Gasteiger partial charge in [0, 0.05) is 17.5 Å². The molecule has 5 nitrogen and oxygen atoms in total. The lowest BCUT2D eigenvalue weighted by molar-refractivity contribution is -0.133. The van der Waals surface area contributed by atoms with Crippen LogP contribution in [0.1, 0.15) is 33.6 Å². The van der Waals surface area contributed by atoms with Crippen molar-refractivity contribution >= 4 is 16.8 Å². The Morgan fingerprint density at radius 2 is 1.66 bits per heavy atom. The van der Waals surface area contributed by atoms with E-state index in [0.717, 1.165) is 51.9 Å². The summed E-state index contributed by atoms with van der Waals surface area (Å²) in [5, 5.41) is 2.61. The minimum atomic E-state index is -0.0686. The molecular formula is C27H24N2O3. The number of carbonyl (C=O) groups excluding carboxylic acids is 1. The number of ether oxygens (including phenoxy) is 1. The lowest BCUT2D eigenvalue weighted by Crippen LogP contribution is -2.31. The molecule has 1 amide bonds. The number of hydroxylamine groups is 2. The summed E-state index contributed by atoms with van der Waals surface area (Å²) in [4.78, 5) is 23.3. The predicted molar refractivity (Wildman–Crippen MR) is 123 cm³/mol. The molecule has 5 rings (SSSR count). The average Bonchev–Trinajstić information content (AvgIpc) is 3.00. The van der Waals surface area contributed by atoms with Crippen LogP contribution in [-0.4, -0.2) is 22.5 Å². The highest BCUT2D eigenvalue weighted by Gasteiger charge is 2.22. The van der Waals surface area contributed by atoms with Crippen molar-refractivity contribution < 1.29 is 14.4 Å². The summed E-state index contributed by atoms with van der Waals surface area (Å²) in [5.74, 6) is 0.699. The second kappa shape index (κ2) is 9.20. The van der Waals surface area contributed by atoms with Gasteiger partial charge in [-0.1, -0.05) is 54.6 Å². The summed E-state index contributed by atoms with van der Waals surface area (Å²) in [6.07, 6.45) is 1.78. The number of aryl methyl sites for hydroxylation is 1. The van der Waals surface area contributed by atoms with Gasteiger partial charge in [-0.3, -0.25) is 9.63 Å². The molecule has 5 heteroatoms. The third-order valence-electron chi connectivity index (χ3n) is 5.63. The maximum atomic E-state index is 12.8. The highest BCUT2D eigenvalue weighted by atomic mass is 16.7. The van der Waals surface area contributed by atoms with E-state index in [-0.39, 0.29) is 5.91 Å². The highest BCUT2D eigenvalue weighted by Crippen LogP contribution is 2.20. The van der Waals surface area contributed by atoms with Crippen molar-refractivity contribution in [3.63, 3.8) is 0 Å². The Morgan fingerprint density at radius 1 is 0.844 bits per heavy atom. The van der Waals surface area contributed by atoms with Gasteiger partial charge in [0.05, 0.1) is 11.2 Å². The van der Waals surface area contributed by atoms with Crippen LogP contribution in [0.4, 0.5) is 0 Å². The first-order valence-electron chi connectivity index (χ1n) is 10.9. The highest BCUT2D eigenvalue weighted by molar-refractivity contribution is 5.95. The van der Waals surface area contributed by atoms with Crippen LogP contribution in [0.5, 0.6) is 5.75 Å². The monoisotopic (exact) mass is 424 g/mol. The molecule has 1 aliphatic rings. The minimum absolute atomic E-state index is 0.0686. The van der Waals surface area contributed by atoms with Crippen molar-refractivity contribution in [2.24, 2.45) is 0 Å². The number of pyridine rings is 1. The molecule has 0 aliphatic carbocycles. The van der Waals surface area contributed by atoms with Gasteiger partial charge in [0.25, 0.3) is 5.91 Å². The fraction of sp³-hybridized carbons (Fsp3) is 0.185. The number of rotatable bonds is 6. The Kier molecular flexibility index (Phi) is 5.81. The summed E-state index contributed by atoms with van der Waals surface area (Å²) < 4.78 is 5.90. The van der Waals surface area contributed by atoms with E-state index >= 15 is 0 Å². The van der Waals surface area contributed by atoms with Gasteiger partial charge in [0.1, 0.15) is 19.0 Å². The summed E-state index contributed by atoms with van der Waals surface area (Å²) in [5.41, 5.74) is 4.65. The number of carbonyl (C=O) groups is 1. The number of benzene rings is 3. The molecule has 0 atom stereocenters. The molecule has 0 radical (unpaired) electrons. The normalized spacial score (nSPS) is 13.6. The molecule has 3 aromatic carbocycles. The smallest absolute Gasteiger partial charge is 0.277 e. The second-order valence-electron chi connectivity index (χ2n) is 7.87. The molecule has 1 aliphatic heterocycles. The molecular weight excluding hydrogens is 400 g/mol. The number of amides is 1. The lowest BCUT2D eigenvalue weighted by atomic mass is 10.0. The van der Waals surface area contributed by atoms with Crippen LogP contribution in [-0.2, 0) is 24.5 Å². The molecule has 0 saturated heterocycles. The molecule has 2 heterocycles. The fourth-order valence-electron chi connectivity index (χ4n) is 3.90. The fourth-order valence-corrected chi connectivity index (χ4v) is 3.90. The van der Waals surface area contributed by atoms with Crippen molar-refractivity contribution in [1.29, 1.82) is 0 Å². The van der Waals surface area contributed by atoms with E-state index in [9.17, 15) is 4.79 Å². The molecule has 0 spiro atoms. The van der Waals surface area contributed by atoms with E-state index in [4.69, 9.17) is 9.57 Å². The number of hydrogen-bond acceptors (Lipinski definition) is 4. The molecule has 1 aromatic heterocycles. The van der Waals surface area contributed by atoms with Crippen LogP contribution in [0.2, 0.25) is 0 Å². The van der Waals surface area contributed by atoms with E-state index in [0.29, 0.717) is 19.8 Å². The second-order valence-corrected chi connectivity index (χ2v) is 7.87. The van der Waals surface area contributed by atoms with E-state index in [1.807, 2.05) is 78.9 Å². The Morgan fingerprint density at radius 3 is 2.56 bits per heavy atom. The van der Waals surface area contributed by atoms with Gasteiger partial charge in [-0.2, -0.15) is 0 Å². The molecule has 0 fully saturated rings. The number of aromatic nitrogens is 1. The van der Waals surface area contributed by atoms with E-state index in [1.54, 1.807) is 0 Å². The lowest BCUT2D eigenvalue weighted by Gasteiger charge is -2.20. The SMILES string of the molecule is O=C1c2ccccc2CCCN1OCc1ccc(OCc2ccc3ccccc3n2)cc1. The van der Waals surface area contributed by atoms with Gasteiger partial charge < -0.3 is 4.74 Å². The van der Waals surface area contributed by atoms with Crippen LogP contribution < -0.4 is 4.74 Å². The van der Waals surface area contributed by atoms with Gasteiger partial charge in [-0.25, -0.2) is 10.0 Å². The van der Waals surface area contributed by atoms with Crippen molar-refractivity contribution in [2.45, 2.75) is 26.1 Å². The predicted octanol–water partition coefficient (Wildman–Crippen LogP) is 5.33. The molecule has 0 saturated carbocycles.